The highest BCUT2D eigenvalue weighted by molar-refractivity contribution is 6.00. The van der Waals surface area contributed by atoms with Crippen LogP contribution in [0.3, 0.4) is 0 Å². The number of carbonyl (C=O) groups excluding carboxylic acids is 2. The van der Waals surface area contributed by atoms with E-state index in [0.29, 0.717) is 19.4 Å². The molecule has 21 heavy (non-hydrogen) atoms. The fourth-order valence-corrected chi connectivity index (χ4v) is 2.55. The number of aliphatic hydroxyl groups is 1. The summed E-state index contributed by atoms with van der Waals surface area (Å²) in [6, 6.07) is -0.402. The maximum Gasteiger partial charge on any atom is 0.246 e. The molecule has 3 atom stereocenters. The molecule has 2 amide bonds. The number of aliphatic hydroxyl groups excluding tert-OH is 1. The van der Waals surface area contributed by atoms with Crippen molar-refractivity contribution < 1.29 is 24.2 Å². The smallest absolute Gasteiger partial charge is 0.246 e. The Hall–Kier alpha value is -1.02. The van der Waals surface area contributed by atoms with Crippen LogP contribution in [0.15, 0.2) is 0 Å². The predicted molar refractivity (Wildman–Crippen MR) is 74.6 cm³/mol. The van der Waals surface area contributed by atoms with E-state index < -0.39 is 12.1 Å². The number of nitrogens with zero attached hydrogens (tertiary/aromatic N) is 1. The van der Waals surface area contributed by atoms with Crippen LogP contribution >= 0.6 is 0 Å². The third-order valence-electron chi connectivity index (χ3n) is 3.89. The van der Waals surface area contributed by atoms with E-state index in [1.807, 2.05) is 0 Å². The van der Waals surface area contributed by atoms with Crippen LogP contribution in [0.25, 0.3) is 0 Å². The summed E-state index contributed by atoms with van der Waals surface area (Å²) in [5.74, 6) is -0.391. The molecule has 0 aromatic carbocycles. The average Bonchev–Trinajstić information content (AvgIpc) is 2.97. The van der Waals surface area contributed by atoms with Crippen LogP contribution in [0.1, 0.15) is 25.7 Å². The molecule has 2 N–H and O–H groups in total. The normalized spacial score (nSPS) is 28.2. The molecule has 120 valence electrons. The van der Waals surface area contributed by atoms with Crippen LogP contribution in [0.5, 0.6) is 0 Å². The van der Waals surface area contributed by atoms with Crippen LogP contribution in [0.4, 0.5) is 0 Å². The first-order valence-electron chi connectivity index (χ1n) is 7.49. The van der Waals surface area contributed by atoms with Gasteiger partial charge in [-0.05, 0) is 19.3 Å². The average molecular weight is 300 g/mol. The van der Waals surface area contributed by atoms with Crippen molar-refractivity contribution in [1.29, 1.82) is 0 Å². The Morgan fingerprint density at radius 1 is 1.48 bits per heavy atom. The summed E-state index contributed by atoms with van der Waals surface area (Å²) >= 11 is 0. The molecule has 0 saturated carbocycles. The minimum Gasteiger partial charge on any atom is -0.389 e. The number of amides is 2. The van der Waals surface area contributed by atoms with Gasteiger partial charge in [-0.3, -0.25) is 14.5 Å². The van der Waals surface area contributed by atoms with Crippen molar-refractivity contribution in [3.8, 4) is 0 Å². The molecule has 2 aliphatic rings. The molecule has 0 spiro atoms. The molecule has 7 heteroatoms. The molecule has 2 fully saturated rings. The fourth-order valence-electron chi connectivity index (χ4n) is 2.55. The third-order valence-corrected chi connectivity index (χ3v) is 3.89. The Balaban J connectivity index is 1.60. The number of likely N-dealkylation sites (N-methyl/N-ethyl adjacent to an activating group) is 1. The van der Waals surface area contributed by atoms with Gasteiger partial charge in [-0.25, -0.2) is 0 Å². The van der Waals surface area contributed by atoms with E-state index in [-0.39, 0.29) is 31.1 Å². The van der Waals surface area contributed by atoms with E-state index in [1.165, 1.54) is 7.05 Å². The number of imide groups is 1. The lowest BCUT2D eigenvalue weighted by atomic mass is 10.0. The molecule has 2 aliphatic heterocycles. The van der Waals surface area contributed by atoms with Gasteiger partial charge in [0.25, 0.3) is 0 Å². The van der Waals surface area contributed by atoms with Crippen LogP contribution in [0, 0.1) is 0 Å². The Bertz CT molecular complexity index is 370. The zero-order valence-corrected chi connectivity index (χ0v) is 12.4. The van der Waals surface area contributed by atoms with Gasteiger partial charge in [-0.15, -0.1) is 0 Å². The second-order valence-corrected chi connectivity index (χ2v) is 5.62. The van der Waals surface area contributed by atoms with E-state index in [2.05, 4.69) is 5.32 Å². The minimum absolute atomic E-state index is 0.143. The molecule has 0 aromatic heterocycles. The summed E-state index contributed by atoms with van der Waals surface area (Å²) in [4.78, 5) is 24.3. The highest BCUT2D eigenvalue weighted by atomic mass is 16.5. The molecule has 2 saturated heterocycles. The lowest BCUT2D eigenvalue weighted by molar-refractivity contribution is -0.148. The number of ether oxygens (including phenoxy) is 2. The minimum atomic E-state index is -0.679. The molecule has 2 rings (SSSR count). The summed E-state index contributed by atoms with van der Waals surface area (Å²) in [6.45, 7) is 1.76. The Labute approximate surface area is 124 Å². The molecular weight excluding hydrogens is 276 g/mol. The maximum absolute atomic E-state index is 11.8. The number of piperidine rings is 1. The summed E-state index contributed by atoms with van der Waals surface area (Å²) in [6.07, 6.45) is 2.36. The SMILES string of the molecule is CN1C(=O)CCC(NCC(O)COCC2CCCO2)C1=O. The zero-order chi connectivity index (χ0) is 15.2. The molecule has 0 aromatic rings. The molecule has 0 aliphatic carbocycles. The van der Waals surface area contributed by atoms with Gasteiger partial charge in [0, 0.05) is 26.6 Å². The van der Waals surface area contributed by atoms with Gasteiger partial charge in [0.2, 0.25) is 11.8 Å². The Morgan fingerprint density at radius 2 is 2.29 bits per heavy atom. The molecule has 0 bridgehead atoms. The highest BCUT2D eigenvalue weighted by Crippen LogP contribution is 2.12. The number of carbonyl (C=O) groups is 2. The number of hydrogen-bond donors (Lipinski definition) is 2. The summed E-state index contributed by atoms with van der Waals surface area (Å²) in [5, 5.41) is 12.8. The summed E-state index contributed by atoms with van der Waals surface area (Å²) < 4.78 is 10.8. The van der Waals surface area contributed by atoms with Crippen LogP contribution in [0.2, 0.25) is 0 Å². The van der Waals surface area contributed by atoms with Crippen LogP contribution < -0.4 is 5.32 Å². The van der Waals surface area contributed by atoms with Crippen molar-refractivity contribution in [2.75, 3.05) is 33.4 Å². The van der Waals surface area contributed by atoms with E-state index in [9.17, 15) is 14.7 Å². The molecule has 7 nitrogen and oxygen atoms in total. The van der Waals surface area contributed by atoms with Crippen LogP contribution in [-0.2, 0) is 19.1 Å². The summed E-state index contributed by atoms with van der Waals surface area (Å²) in [7, 11) is 1.49. The maximum atomic E-state index is 11.8. The van der Waals surface area contributed by atoms with E-state index in [4.69, 9.17) is 9.47 Å². The first-order chi connectivity index (χ1) is 10.1. The highest BCUT2D eigenvalue weighted by Gasteiger charge is 2.31. The number of hydrogen-bond acceptors (Lipinski definition) is 6. The number of rotatable bonds is 7. The van der Waals surface area contributed by atoms with Gasteiger partial charge < -0.3 is 19.9 Å². The topological polar surface area (TPSA) is 88.1 Å². The first kappa shape index (κ1) is 16.4. The van der Waals surface area contributed by atoms with Crippen molar-refractivity contribution in [2.24, 2.45) is 0 Å². The van der Waals surface area contributed by atoms with Crippen molar-refractivity contribution in [1.82, 2.24) is 10.2 Å². The van der Waals surface area contributed by atoms with Gasteiger partial charge in [-0.2, -0.15) is 0 Å². The molecular formula is C14H24N2O5. The predicted octanol–water partition coefficient (Wildman–Crippen LogP) is -0.720. The summed E-state index contributed by atoms with van der Waals surface area (Å²) in [5.41, 5.74) is 0. The monoisotopic (exact) mass is 300 g/mol. The molecule has 2 heterocycles. The fraction of sp³-hybridized carbons (Fsp3) is 0.857. The largest absolute Gasteiger partial charge is 0.389 e. The van der Waals surface area contributed by atoms with E-state index in [0.717, 1.165) is 24.3 Å². The van der Waals surface area contributed by atoms with Gasteiger partial charge in [0.15, 0.2) is 0 Å². The molecule has 3 unspecified atom stereocenters. The van der Waals surface area contributed by atoms with E-state index in [1.54, 1.807) is 0 Å². The van der Waals surface area contributed by atoms with E-state index >= 15 is 0 Å². The Kier molecular flexibility index (Phi) is 6.10. The Morgan fingerprint density at radius 3 is 3.00 bits per heavy atom. The standard InChI is InChI=1S/C14H24N2O5/c1-16-13(18)5-4-12(14(16)19)15-7-10(17)8-20-9-11-3-2-6-21-11/h10-12,15,17H,2-9H2,1H3. The zero-order valence-electron chi connectivity index (χ0n) is 12.4. The van der Waals surface area contributed by atoms with Crippen molar-refractivity contribution in [2.45, 2.75) is 43.9 Å². The van der Waals surface area contributed by atoms with Gasteiger partial charge in [-0.1, -0.05) is 0 Å². The third kappa shape index (κ3) is 4.74. The number of likely N-dealkylation sites (tertiary alicyclic amines) is 1. The number of nitrogens with one attached hydrogen (secondary N) is 1. The molecule has 0 radical (unpaired) electrons. The van der Waals surface area contributed by atoms with Crippen LogP contribution in [-0.4, -0.2) is 73.5 Å². The first-order valence-corrected chi connectivity index (χ1v) is 7.49. The van der Waals surface area contributed by atoms with Crippen molar-refractivity contribution in [3.05, 3.63) is 0 Å². The quantitative estimate of drug-likeness (QED) is 0.603. The lowest BCUT2D eigenvalue weighted by Gasteiger charge is -2.28. The van der Waals surface area contributed by atoms with Gasteiger partial charge >= 0.3 is 0 Å². The van der Waals surface area contributed by atoms with Crippen molar-refractivity contribution in [3.63, 3.8) is 0 Å². The van der Waals surface area contributed by atoms with Gasteiger partial charge in [0.1, 0.15) is 0 Å². The van der Waals surface area contributed by atoms with Crippen molar-refractivity contribution >= 4 is 11.8 Å². The second kappa shape index (κ2) is 7.84. The second-order valence-electron chi connectivity index (χ2n) is 5.62. The van der Waals surface area contributed by atoms with Gasteiger partial charge in [0.05, 0.1) is 31.5 Å². The lowest BCUT2D eigenvalue weighted by Crippen LogP contribution is -2.53.